The standard InChI is InChI=1S/C14H17N3O4S/c1-10(12-2-4-13(5-3-12)22(15,19)20)17-14(18)16-8-11-6-7-21-9-11/h2-7,9-10H,8H2,1H3,(H2,15,19,20)(H2,16,17,18)/t10-/m1/s1. The highest BCUT2D eigenvalue weighted by molar-refractivity contribution is 7.89. The van der Waals surface area contributed by atoms with Crippen molar-refractivity contribution < 1.29 is 17.6 Å². The molecule has 0 aliphatic carbocycles. The maximum atomic E-state index is 11.8. The number of primary sulfonamides is 1. The number of carbonyl (C=O) groups excluding carboxylic acids is 1. The van der Waals surface area contributed by atoms with Gasteiger partial charge in [0.05, 0.1) is 23.5 Å². The molecular formula is C14H17N3O4S. The van der Waals surface area contributed by atoms with Crippen molar-refractivity contribution in [3.63, 3.8) is 0 Å². The van der Waals surface area contributed by atoms with Crippen molar-refractivity contribution >= 4 is 16.1 Å². The maximum absolute atomic E-state index is 11.8. The summed E-state index contributed by atoms with van der Waals surface area (Å²) in [6.07, 6.45) is 3.08. The van der Waals surface area contributed by atoms with Crippen molar-refractivity contribution in [2.45, 2.75) is 24.4 Å². The summed E-state index contributed by atoms with van der Waals surface area (Å²) in [5, 5.41) is 10.5. The number of carbonyl (C=O) groups is 1. The van der Waals surface area contributed by atoms with Crippen LogP contribution in [0.4, 0.5) is 4.79 Å². The van der Waals surface area contributed by atoms with Crippen molar-refractivity contribution in [2.75, 3.05) is 0 Å². The number of furan rings is 1. The number of benzene rings is 1. The van der Waals surface area contributed by atoms with Crippen LogP contribution in [0.2, 0.25) is 0 Å². The first-order chi connectivity index (χ1) is 10.4. The molecule has 0 saturated heterocycles. The Balaban J connectivity index is 1.91. The Kier molecular flexibility index (Phi) is 4.84. The van der Waals surface area contributed by atoms with E-state index in [-0.39, 0.29) is 17.0 Å². The zero-order valence-corrected chi connectivity index (χ0v) is 12.8. The van der Waals surface area contributed by atoms with Gasteiger partial charge in [-0.25, -0.2) is 18.4 Å². The third-order valence-electron chi connectivity index (χ3n) is 3.09. The van der Waals surface area contributed by atoms with Crippen LogP contribution in [0.3, 0.4) is 0 Å². The number of hydrogen-bond donors (Lipinski definition) is 3. The summed E-state index contributed by atoms with van der Waals surface area (Å²) >= 11 is 0. The maximum Gasteiger partial charge on any atom is 0.315 e. The Bertz CT molecular complexity index is 724. The summed E-state index contributed by atoms with van der Waals surface area (Å²) in [6, 6.07) is 7.19. The topological polar surface area (TPSA) is 114 Å². The molecule has 4 N–H and O–H groups in total. The van der Waals surface area contributed by atoms with Gasteiger partial charge < -0.3 is 15.1 Å². The fourth-order valence-corrected chi connectivity index (χ4v) is 2.37. The minimum Gasteiger partial charge on any atom is -0.472 e. The molecule has 0 aliphatic heterocycles. The molecule has 7 nitrogen and oxygen atoms in total. The molecule has 118 valence electrons. The van der Waals surface area contributed by atoms with E-state index in [4.69, 9.17) is 9.56 Å². The highest BCUT2D eigenvalue weighted by Crippen LogP contribution is 2.15. The molecule has 1 atom stereocenters. The van der Waals surface area contributed by atoms with Gasteiger partial charge in [-0.05, 0) is 30.7 Å². The van der Waals surface area contributed by atoms with Crippen LogP contribution < -0.4 is 15.8 Å². The van der Waals surface area contributed by atoms with E-state index >= 15 is 0 Å². The van der Waals surface area contributed by atoms with E-state index in [1.807, 2.05) is 0 Å². The second-order valence-electron chi connectivity index (χ2n) is 4.79. The normalized spacial score (nSPS) is 12.6. The van der Waals surface area contributed by atoms with Gasteiger partial charge in [0.1, 0.15) is 0 Å². The van der Waals surface area contributed by atoms with Crippen molar-refractivity contribution in [1.82, 2.24) is 10.6 Å². The van der Waals surface area contributed by atoms with Gasteiger partial charge in [0.15, 0.2) is 0 Å². The summed E-state index contributed by atoms with van der Waals surface area (Å²) in [7, 11) is -3.71. The van der Waals surface area contributed by atoms with Crippen LogP contribution in [0.15, 0.2) is 52.2 Å². The van der Waals surface area contributed by atoms with Crippen molar-refractivity contribution in [3.8, 4) is 0 Å². The lowest BCUT2D eigenvalue weighted by Crippen LogP contribution is -2.36. The number of rotatable bonds is 5. The predicted octanol–water partition coefficient (Wildman–Crippen LogP) is 1.49. The van der Waals surface area contributed by atoms with E-state index in [0.717, 1.165) is 11.1 Å². The van der Waals surface area contributed by atoms with E-state index in [1.54, 1.807) is 31.4 Å². The lowest BCUT2D eigenvalue weighted by Gasteiger charge is -2.15. The summed E-state index contributed by atoms with van der Waals surface area (Å²) in [5.41, 5.74) is 1.63. The monoisotopic (exact) mass is 323 g/mol. The molecule has 0 unspecified atom stereocenters. The van der Waals surface area contributed by atoms with E-state index < -0.39 is 10.0 Å². The van der Waals surface area contributed by atoms with Gasteiger partial charge in [0, 0.05) is 12.1 Å². The smallest absolute Gasteiger partial charge is 0.315 e. The summed E-state index contributed by atoms with van der Waals surface area (Å²) in [4.78, 5) is 11.8. The first-order valence-electron chi connectivity index (χ1n) is 6.54. The molecule has 1 aromatic heterocycles. The Morgan fingerprint density at radius 1 is 1.27 bits per heavy atom. The van der Waals surface area contributed by atoms with Gasteiger partial charge in [-0.2, -0.15) is 0 Å². The lowest BCUT2D eigenvalue weighted by atomic mass is 10.1. The van der Waals surface area contributed by atoms with Crippen LogP contribution in [0.25, 0.3) is 0 Å². The number of amides is 2. The third-order valence-corrected chi connectivity index (χ3v) is 4.02. The predicted molar refractivity (Wildman–Crippen MR) is 80.3 cm³/mol. The molecule has 8 heteroatoms. The summed E-state index contributed by atoms with van der Waals surface area (Å²) in [6.45, 7) is 2.16. The molecule has 0 saturated carbocycles. The third kappa shape index (κ3) is 4.34. The SMILES string of the molecule is C[C@@H](NC(=O)NCc1ccoc1)c1ccc(S(N)(=O)=O)cc1. The van der Waals surface area contributed by atoms with Gasteiger partial charge in [0.25, 0.3) is 0 Å². The van der Waals surface area contributed by atoms with Crippen LogP contribution >= 0.6 is 0 Å². The van der Waals surface area contributed by atoms with Crippen molar-refractivity contribution in [2.24, 2.45) is 5.14 Å². The second kappa shape index (κ2) is 6.63. The Labute approximate surface area is 128 Å². The molecule has 2 rings (SSSR count). The number of sulfonamides is 1. The molecule has 2 amide bonds. The average Bonchev–Trinajstić information content (AvgIpc) is 2.97. The Morgan fingerprint density at radius 2 is 1.95 bits per heavy atom. The molecule has 2 aromatic rings. The first kappa shape index (κ1) is 16.1. The summed E-state index contributed by atoms with van der Waals surface area (Å²) < 4.78 is 27.3. The molecular weight excluding hydrogens is 306 g/mol. The fraction of sp³-hybridized carbons (Fsp3) is 0.214. The largest absolute Gasteiger partial charge is 0.472 e. The second-order valence-corrected chi connectivity index (χ2v) is 6.36. The highest BCUT2D eigenvalue weighted by atomic mass is 32.2. The van der Waals surface area contributed by atoms with E-state index in [9.17, 15) is 13.2 Å². The van der Waals surface area contributed by atoms with E-state index in [1.165, 1.54) is 18.4 Å². The van der Waals surface area contributed by atoms with Crippen LogP contribution in [0.5, 0.6) is 0 Å². The number of nitrogens with two attached hydrogens (primary N) is 1. The first-order valence-corrected chi connectivity index (χ1v) is 8.09. The minimum atomic E-state index is -3.71. The summed E-state index contributed by atoms with van der Waals surface area (Å²) in [5.74, 6) is 0. The number of hydrogen-bond acceptors (Lipinski definition) is 4. The zero-order valence-electron chi connectivity index (χ0n) is 11.9. The Morgan fingerprint density at radius 3 is 2.50 bits per heavy atom. The van der Waals surface area contributed by atoms with Crippen LogP contribution in [0, 0.1) is 0 Å². The van der Waals surface area contributed by atoms with E-state index in [2.05, 4.69) is 10.6 Å². The zero-order chi connectivity index (χ0) is 16.2. The number of urea groups is 1. The minimum absolute atomic E-state index is 0.0351. The van der Waals surface area contributed by atoms with Crippen LogP contribution in [-0.4, -0.2) is 14.4 Å². The molecule has 0 aliphatic rings. The van der Waals surface area contributed by atoms with Gasteiger partial charge >= 0.3 is 6.03 Å². The molecule has 22 heavy (non-hydrogen) atoms. The molecule has 0 spiro atoms. The molecule has 1 heterocycles. The molecule has 0 bridgehead atoms. The lowest BCUT2D eigenvalue weighted by molar-refractivity contribution is 0.237. The average molecular weight is 323 g/mol. The van der Waals surface area contributed by atoms with Gasteiger partial charge in [-0.1, -0.05) is 12.1 Å². The van der Waals surface area contributed by atoms with Crippen molar-refractivity contribution in [1.29, 1.82) is 0 Å². The molecule has 1 aromatic carbocycles. The van der Waals surface area contributed by atoms with Gasteiger partial charge in [-0.15, -0.1) is 0 Å². The Hall–Kier alpha value is -2.32. The molecule has 0 radical (unpaired) electrons. The van der Waals surface area contributed by atoms with Crippen LogP contribution in [0.1, 0.15) is 24.1 Å². The number of nitrogens with one attached hydrogen (secondary N) is 2. The fourth-order valence-electron chi connectivity index (χ4n) is 1.85. The van der Waals surface area contributed by atoms with Crippen LogP contribution in [-0.2, 0) is 16.6 Å². The van der Waals surface area contributed by atoms with Gasteiger partial charge in [0.2, 0.25) is 10.0 Å². The van der Waals surface area contributed by atoms with Crippen molar-refractivity contribution in [3.05, 3.63) is 54.0 Å². The van der Waals surface area contributed by atoms with Gasteiger partial charge in [-0.3, -0.25) is 0 Å². The quantitative estimate of drug-likeness (QED) is 0.773. The highest BCUT2D eigenvalue weighted by Gasteiger charge is 2.12. The van der Waals surface area contributed by atoms with E-state index in [0.29, 0.717) is 6.54 Å². The molecule has 0 fully saturated rings.